The van der Waals surface area contributed by atoms with Crippen LogP contribution >= 0.6 is 0 Å². The smallest absolute Gasteiger partial charge is 0.226 e. The van der Waals surface area contributed by atoms with E-state index in [0.717, 1.165) is 0 Å². The molecule has 1 aliphatic heterocycles. The van der Waals surface area contributed by atoms with Gasteiger partial charge >= 0.3 is 0 Å². The largest absolute Gasteiger partial charge is 0.507 e. The van der Waals surface area contributed by atoms with Crippen molar-refractivity contribution in [3.63, 3.8) is 0 Å². The zero-order chi connectivity index (χ0) is 27.4. The lowest BCUT2D eigenvalue weighted by Gasteiger charge is -2.29. The van der Waals surface area contributed by atoms with Gasteiger partial charge in [0.25, 0.3) is 0 Å². The molecule has 2 aliphatic rings. The number of anilines is 2. The molecule has 1 aliphatic carbocycles. The fourth-order valence-corrected chi connectivity index (χ4v) is 4.56. The third-order valence-electron chi connectivity index (χ3n) is 6.77. The number of fused-ring (bicyclic) bond motifs is 3. The Labute approximate surface area is 213 Å². The van der Waals surface area contributed by atoms with E-state index in [1.165, 1.54) is 26.8 Å². The van der Waals surface area contributed by atoms with Gasteiger partial charge in [0, 0.05) is 34.6 Å². The predicted octanol–water partition coefficient (Wildman–Crippen LogP) is 4.28. The van der Waals surface area contributed by atoms with Gasteiger partial charge in [0.15, 0.2) is 17.3 Å². The predicted molar refractivity (Wildman–Crippen MR) is 137 cm³/mol. The molecular formula is C28H28N2O7. The molecule has 9 nitrogen and oxygen atoms in total. The first-order chi connectivity index (χ1) is 17.3. The Hall–Kier alpha value is -4.40. The van der Waals surface area contributed by atoms with Crippen molar-refractivity contribution in [1.29, 1.82) is 0 Å². The van der Waals surface area contributed by atoms with Gasteiger partial charge in [-0.1, -0.05) is 13.8 Å². The first kappa shape index (κ1) is 25.7. The third-order valence-corrected chi connectivity index (χ3v) is 6.77. The number of allylic oxidation sites excluding steroid dienone is 4. The summed E-state index contributed by atoms with van der Waals surface area (Å²) in [4.78, 5) is 51.1. The van der Waals surface area contributed by atoms with Gasteiger partial charge in [-0.25, -0.2) is 0 Å². The topological polar surface area (TPSA) is 142 Å². The summed E-state index contributed by atoms with van der Waals surface area (Å²) in [6.07, 6.45) is 1.17. The van der Waals surface area contributed by atoms with Crippen LogP contribution in [0.1, 0.15) is 56.1 Å². The lowest BCUT2D eigenvalue weighted by molar-refractivity contribution is -0.123. The van der Waals surface area contributed by atoms with Crippen molar-refractivity contribution < 1.29 is 34.1 Å². The van der Waals surface area contributed by atoms with Gasteiger partial charge in [0.2, 0.25) is 5.91 Å². The summed E-state index contributed by atoms with van der Waals surface area (Å²) in [5.41, 5.74) is -0.341. The third kappa shape index (κ3) is 3.96. The molecule has 2 aromatic carbocycles. The number of carbonyl (C=O) groups excluding carboxylic acids is 4. The van der Waals surface area contributed by atoms with Gasteiger partial charge in [-0.15, -0.1) is 0 Å². The molecule has 2 aromatic rings. The summed E-state index contributed by atoms with van der Waals surface area (Å²) in [5, 5.41) is 27.2. The number of amides is 1. The van der Waals surface area contributed by atoms with Crippen molar-refractivity contribution in [2.75, 3.05) is 10.6 Å². The van der Waals surface area contributed by atoms with Crippen LogP contribution in [-0.2, 0) is 19.8 Å². The molecule has 1 amide bonds. The minimum Gasteiger partial charge on any atom is -0.507 e. The molecule has 4 N–H and O–H groups in total. The Morgan fingerprint density at radius 2 is 1.54 bits per heavy atom. The Balaban J connectivity index is 1.74. The number of carbonyl (C=O) groups is 4. The highest BCUT2D eigenvalue weighted by atomic mass is 16.5. The van der Waals surface area contributed by atoms with Crippen molar-refractivity contribution in [3.05, 3.63) is 64.1 Å². The number of ether oxygens (including phenoxy) is 1. The van der Waals surface area contributed by atoms with E-state index in [-0.39, 0.29) is 57.0 Å². The van der Waals surface area contributed by atoms with E-state index in [0.29, 0.717) is 11.4 Å². The first-order valence-corrected chi connectivity index (χ1v) is 11.8. The van der Waals surface area contributed by atoms with Gasteiger partial charge in [-0.3, -0.25) is 19.2 Å². The van der Waals surface area contributed by atoms with Crippen LogP contribution in [0.4, 0.5) is 11.4 Å². The van der Waals surface area contributed by atoms with Gasteiger partial charge in [0.1, 0.15) is 34.0 Å². The second-order valence-corrected chi connectivity index (χ2v) is 9.73. The molecule has 9 heteroatoms. The Morgan fingerprint density at radius 3 is 2.08 bits per heavy atom. The first-order valence-electron chi connectivity index (χ1n) is 11.8. The zero-order valence-corrected chi connectivity index (χ0v) is 21.4. The molecule has 1 heterocycles. The fourth-order valence-electron chi connectivity index (χ4n) is 4.56. The van der Waals surface area contributed by atoms with E-state index in [2.05, 4.69) is 10.6 Å². The zero-order valence-electron chi connectivity index (χ0n) is 21.4. The van der Waals surface area contributed by atoms with E-state index in [4.69, 9.17) is 4.74 Å². The monoisotopic (exact) mass is 504 g/mol. The highest BCUT2D eigenvalue weighted by molar-refractivity contribution is 6.31. The number of aromatic hydroxyl groups is 2. The molecule has 1 atom stereocenters. The van der Waals surface area contributed by atoms with Crippen LogP contribution in [0, 0.1) is 12.8 Å². The standard InChI is InChI=1S/C28H28N2O7/c1-12(2)27(36)30-17-9-7-16(8-10-17)29-14(4)20-18(32)11-19-28(6,26(20)35)22-24(34)13(3)23(33)21(15(5)31)25(22)37-19/h7-12,29,33-34H,1-6H3,(H,30,36). The van der Waals surface area contributed by atoms with Gasteiger partial charge < -0.3 is 25.6 Å². The molecule has 37 heavy (non-hydrogen) atoms. The van der Waals surface area contributed by atoms with Crippen molar-refractivity contribution >= 4 is 34.6 Å². The van der Waals surface area contributed by atoms with Gasteiger partial charge in [0.05, 0.1) is 11.1 Å². The Morgan fingerprint density at radius 1 is 0.973 bits per heavy atom. The van der Waals surface area contributed by atoms with E-state index in [1.807, 2.05) is 0 Å². The number of hydrogen-bond acceptors (Lipinski definition) is 8. The summed E-state index contributed by atoms with van der Waals surface area (Å²) < 4.78 is 5.77. The minimum absolute atomic E-state index is 0.0258. The lowest BCUT2D eigenvalue weighted by Crippen LogP contribution is -2.40. The normalized spacial score (nSPS) is 19.6. The van der Waals surface area contributed by atoms with Crippen molar-refractivity contribution in [3.8, 4) is 17.2 Å². The van der Waals surface area contributed by atoms with E-state index < -0.39 is 28.5 Å². The quantitative estimate of drug-likeness (QED) is 0.269. The molecule has 0 saturated heterocycles. The van der Waals surface area contributed by atoms with Crippen LogP contribution < -0.4 is 15.4 Å². The number of ketones is 3. The van der Waals surface area contributed by atoms with Crippen molar-refractivity contribution in [2.45, 2.75) is 47.0 Å². The van der Waals surface area contributed by atoms with Crippen LogP contribution in [0.25, 0.3) is 0 Å². The van der Waals surface area contributed by atoms with E-state index >= 15 is 0 Å². The van der Waals surface area contributed by atoms with Gasteiger partial charge in [-0.2, -0.15) is 0 Å². The molecule has 0 aromatic heterocycles. The maximum absolute atomic E-state index is 13.9. The minimum atomic E-state index is -1.58. The Bertz CT molecular complexity index is 1450. The maximum atomic E-state index is 13.9. The average Bonchev–Trinajstić information content (AvgIpc) is 3.11. The van der Waals surface area contributed by atoms with E-state index in [9.17, 15) is 29.4 Å². The molecular weight excluding hydrogens is 476 g/mol. The fraction of sp³-hybridized carbons (Fsp3) is 0.286. The van der Waals surface area contributed by atoms with Crippen LogP contribution in [0.3, 0.4) is 0 Å². The summed E-state index contributed by atoms with van der Waals surface area (Å²) in [6, 6.07) is 6.79. The Kier molecular flexibility index (Phi) is 6.19. The number of hydrogen-bond donors (Lipinski definition) is 4. The van der Waals surface area contributed by atoms with Crippen LogP contribution in [0.5, 0.6) is 17.2 Å². The molecule has 0 fully saturated rings. The number of benzene rings is 2. The molecule has 0 radical (unpaired) electrons. The number of nitrogens with one attached hydrogen (secondary N) is 2. The average molecular weight is 505 g/mol. The molecule has 0 bridgehead atoms. The van der Waals surface area contributed by atoms with Gasteiger partial charge in [-0.05, 0) is 52.0 Å². The SMILES string of the molecule is CC(=O)c1c(O)c(C)c(O)c2c1OC1=CC(=O)C(=C(C)Nc3ccc(NC(=O)C(C)C)cc3)C(=O)C12C. The van der Waals surface area contributed by atoms with Crippen molar-refractivity contribution in [2.24, 2.45) is 5.92 Å². The van der Waals surface area contributed by atoms with E-state index in [1.54, 1.807) is 45.0 Å². The molecule has 0 saturated carbocycles. The highest BCUT2D eigenvalue weighted by Crippen LogP contribution is 2.57. The second kappa shape index (κ2) is 8.92. The number of rotatable bonds is 5. The van der Waals surface area contributed by atoms with Crippen LogP contribution in [0.15, 0.2) is 47.4 Å². The molecule has 192 valence electrons. The maximum Gasteiger partial charge on any atom is 0.226 e. The second-order valence-electron chi connectivity index (χ2n) is 9.73. The number of phenolic OH excluding ortho intramolecular Hbond substituents is 2. The summed E-state index contributed by atoms with van der Waals surface area (Å²) in [5.74, 6) is -2.99. The molecule has 0 spiro atoms. The summed E-state index contributed by atoms with van der Waals surface area (Å²) in [6.45, 7) is 9.34. The highest BCUT2D eigenvalue weighted by Gasteiger charge is 2.56. The number of Topliss-reactive ketones (excluding diaryl/α,β-unsaturated/α-hetero) is 2. The van der Waals surface area contributed by atoms with Crippen LogP contribution in [0.2, 0.25) is 0 Å². The molecule has 1 unspecified atom stereocenters. The summed E-state index contributed by atoms with van der Waals surface area (Å²) in [7, 11) is 0. The van der Waals surface area contributed by atoms with Crippen LogP contribution in [-0.4, -0.2) is 33.5 Å². The number of phenols is 2. The lowest BCUT2D eigenvalue weighted by atomic mass is 9.70. The molecule has 4 rings (SSSR count). The summed E-state index contributed by atoms with van der Waals surface area (Å²) >= 11 is 0. The van der Waals surface area contributed by atoms with Crippen molar-refractivity contribution in [1.82, 2.24) is 0 Å².